The van der Waals surface area contributed by atoms with E-state index in [0.717, 1.165) is 18.4 Å². The van der Waals surface area contributed by atoms with Crippen LogP contribution < -0.4 is 10.6 Å². The van der Waals surface area contributed by atoms with Gasteiger partial charge in [0.05, 0.1) is 5.60 Å². The molecule has 0 aromatic carbocycles. The second kappa shape index (κ2) is 8.19. The van der Waals surface area contributed by atoms with Crippen LogP contribution in [-0.2, 0) is 4.74 Å². The van der Waals surface area contributed by atoms with Gasteiger partial charge in [0.25, 0.3) is 0 Å². The minimum absolute atomic E-state index is 0. The molecule has 0 spiro atoms. The highest BCUT2D eigenvalue weighted by atomic mass is 127. The lowest BCUT2D eigenvalue weighted by molar-refractivity contribution is 0.0268. The molecule has 2 unspecified atom stereocenters. The smallest absolute Gasteiger partial charge is 0.191 e. The maximum absolute atomic E-state index is 5.37. The van der Waals surface area contributed by atoms with Gasteiger partial charge in [0.2, 0.25) is 0 Å². The third-order valence-corrected chi connectivity index (χ3v) is 3.36. The summed E-state index contributed by atoms with van der Waals surface area (Å²) in [5.74, 6) is 1.73. The highest BCUT2D eigenvalue weighted by Gasteiger charge is 2.36. The first kappa shape index (κ1) is 18.0. The van der Waals surface area contributed by atoms with Crippen LogP contribution in [0.25, 0.3) is 0 Å². The van der Waals surface area contributed by atoms with Crippen molar-refractivity contribution in [3.63, 3.8) is 0 Å². The van der Waals surface area contributed by atoms with Crippen molar-refractivity contribution in [3.05, 3.63) is 0 Å². The number of rotatable bonds is 6. The van der Waals surface area contributed by atoms with Gasteiger partial charge in [0, 0.05) is 26.7 Å². The molecule has 1 saturated carbocycles. The highest BCUT2D eigenvalue weighted by molar-refractivity contribution is 14.0. The third-order valence-electron chi connectivity index (χ3n) is 3.36. The van der Waals surface area contributed by atoms with E-state index in [4.69, 9.17) is 4.74 Å². The average molecular weight is 369 g/mol. The predicted octanol–water partition coefficient (Wildman–Crippen LogP) is 2.38. The molecule has 5 heteroatoms. The van der Waals surface area contributed by atoms with Crippen LogP contribution in [0.15, 0.2) is 4.99 Å². The molecule has 1 fully saturated rings. The molecular formula is C13H28IN3O. The minimum atomic E-state index is -0.163. The molecule has 0 radical (unpaired) electrons. The predicted molar refractivity (Wildman–Crippen MR) is 87.8 cm³/mol. The molecule has 1 aliphatic carbocycles. The number of aliphatic imine (C=N–C) groups is 1. The SMILES string of the molecule is CCCC1CC1NC(=NC)NCC(C)(C)OC.I. The molecule has 108 valence electrons. The van der Waals surface area contributed by atoms with E-state index in [9.17, 15) is 0 Å². The lowest BCUT2D eigenvalue weighted by atomic mass is 10.1. The first-order valence-electron chi connectivity index (χ1n) is 6.54. The van der Waals surface area contributed by atoms with E-state index >= 15 is 0 Å². The Hall–Kier alpha value is -0.0400. The Morgan fingerprint density at radius 2 is 2.11 bits per heavy atom. The summed E-state index contributed by atoms with van der Waals surface area (Å²) in [6.07, 6.45) is 3.87. The van der Waals surface area contributed by atoms with E-state index in [0.29, 0.717) is 6.04 Å². The quantitative estimate of drug-likeness (QED) is 0.429. The van der Waals surface area contributed by atoms with Gasteiger partial charge in [-0.15, -0.1) is 24.0 Å². The Bertz CT molecular complexity index is 269. The topological polar surface area (TPSA) is 45.7 Å². The average Bonchev–Trinajstić information content (AvgIpc) is 3.03. The van der Waals surface area contributed by atoms with Crippen molar-refractivity contribution in [1.29, 1.82) is 0 Å². The standard InChI is InChI=1S/C13H27N3O.HI/c1-6-7-10-8-11(10)16-12(14-4)15-9-13(2,3)17-5;/h10-11H,6-9H2,1-5H3,(H2,14,15,16);1H. The van der Waals surface area contributed by atoms with Crippen molar-refractivity contribution in [2.24, 2.45) is 10.9 Å². The molecule has 0 heterocycles. The first-order valence-corrected chi connectivity index (χ1v) is 6.54. The number of nitrogens with one attached hydrogen (secondary N) is 2. The maximum Gasteiger partial charge on any atom is 0.191 e. The summed E-state index contributed by atoms with van der Waals surface area (Å²) in [4.78, 5) is 4.24. The molecule has 18 heavy (non-hydrogen) atoms. The van der Waals surface area contributed by atoms with Crippen LogP contribution in [0, 0.1) is 5.92 Å². The summed E-state index contributed by atoms with van der Waals surface area (Å²) in [6, 6.07) is 0.617. The van der Waals surface area contributed by atoms with Crippen LogP contribution in [0.4, 0.5) is 0 Å². The number of hydrogen-bond donors (Lipinski definition) is 2. The Morgan fingerprint density at radius 1 is 1.44 bits per heavy atom. The molecular weight excluding hydrogens is 341 g/mol. The molecule has 1 aliphatic rings. The van der Waals surface area contributed by atoms with E-state index in [1.54, 1.807) is 7.11 Å². The van der Waals surface area contributed by atoms with Crippen molar-refractivity contribution in [2.75, 3.05) is 20.7 Å². The van der Waals surface area contributed by atoms with E-state index in [2.05, 4.69) is 36.4 Å². The molecule has 0 saturated heterocycles. The van der Waals surface area contributed by atoms with Crippen LogP contribution in [0.5, 0.6) is 0 Å². The number of guanidine groups is 1. The Balaban J connectivity index is 0.00000289. The zero-order chi connectivity index (χ0) is 12.9. The molecule has 0 amide bonds. The summed E-state index contributed by atoms with van der Waals surface area (Å²) >= 11 is 0. The minimum Gasteiger partial charge on any atom is -0.377 e. The molecule has 0 aromatic heterocycles. The first-order chi connectivity index (χ1) is 8.02. The van der Waals surface area contributed by atoms with Crippen LogP contribution in [0.3, 0.4) is 0 Å². The fraction of sp³-hybridized carbons (Fsp3) is 0.923. The van der Waals surface area contributed by atoms with Crippen molar-refractivity contribution < 1.29 is 4.74 Å². The monoisotopic (exact) mass is 369 g/mol. The second-order valence-electron chi connectivity index (χ2n) is 5.42. The van der Waals surface area contributed by atoms with Gasteiger partial charge < -0.3 is 15.4 Å². The van der Waals surface area contributed by atoms with Gasteiger partial charge in [-0.3, -0.25) is 4.99 Å². The Morgan fingerprint density at radius 3 is 2.61 bits per heavy atom. The van der Waals surface area contributed by atoms with Crippen molar-refractivity contribution in [2.45, 2.75) is 51.7 Å². The Labute approximate surface area is 128 Å². The Kier molecular flexibility index (Phi) is 8.18. The molecule has 0 aromatic rings. The van der Waals surface area contributed by atoms with Crippen LogP contribution in [-0.4, -0.2) is 38.3 Å². The molecule has 2 atom stereocenters. The summed E-state index contributed by atoms with van der Waals surface area (Å²) in [5.41, 5.74) is -0.163. The number of halogens is 1. The van der Waals surface area contributed by atoms with Gasteiger partial charge in [-0.1, -0.05) is 13.3 Å². The van der Waals surface area contributed by atoms with Gasteiger partial charge in [-0.2, -0.15) is 0 Å². The number of methoxy groups -OCH3 is 1. The van der Waals surface area contributed by atoms with E-state index < -0.39 is 0 Å². The van der Waals surface area contributed by atoms with Crippen LogP contribution in [0.2, 0.25) is 0 Å². The highest BCUT2D eigenvalue weighted by Crippen LogP contribution is 2.34. The number of ether oxygens (including phenoxy) is 1. The maximum atomic E-state index is 5.37. The molecule has 1 rings (SSSR count). The van der Waals surface area contributed by atoms with Gasteiger partial charge in [-0.25, -0.2) is 0 Å². The number of hydrogen-bond acceptors (Lipinski definition) is 2. The second-order valence-corrected chi connectivity index (χ2v) is 5.42. The fourth-order valence-electron chi connectivity index (χ4n) is 1.85. The van der Waals surface area contributed by atoms with Gasteiger partial charge in [-0.05, 0) is 32.6 Å². The van der Waals surface area contributed by atoms with Crippen LogP contribution in [0.1, 0.15) is 40.0 Å². The molecule has 0 aliphatic heterocycles. The zero-order valence-corrected chi connectivity index (χ0v) is 14.6. The van der Waals surface area contributed by atoms with Crippen molar-refractivity contribution in [1.82, 2.24) is 10.6 Å². The van der Waals surface area contributed by atoms with Crippen molar-refractivity contribution >= 4 is 29.9 Å². The van der Waals surface area contributed by atoms with E-state index in [1.807, 2.05) is 7.05 Å². The van der Waals surface area contributed by atoms with Crippen LogP contribution >= 0.6 is 24.0 Å². The summed E-state index contributed by atoms with van der Waals surface area (Å²) in [7, 11) is 3.54. The normalized spacial score (nSPS) is 23.3. The largest absolute Gasteiger partial charge is 0.377 e. The molecule has 2 N–H and O–H groups in total. The van der Waals surface area contributed by atoms with E-state index in [-0.39, 0.29) is 29.6 Å². The van der Waals surface area contributed by atoms with E-state index in [1.165, 1.54) is 19.3 Å². The summed E-state index contributed by atoms with van der Waals surface area (Å²) < 4.78 is 5.37. The lowest BCUT2D eigenvalue weighted by Gasteiger charge is -2.24. The summed E-state index contributed by atoms with van der Waals surface area (Å²) in [6.45, 7) is 7.12. The van der Waals surface area contributed by atoms with Gasteiger partial charge >= 0.3 is 0 Å². The lowest BCUT2D eigenvalue weighted by Crippen LogP contribution is -2.46. The van der Waals surface area contributed by atoms with Gasteiger partial charge in [0.1, 0.15) is 0 Å². The third kappa shape index (κ3) is 6.22. The van der Waals surface area contributed by atoms with Crippen molar-refractivity contribution in [3.8, 4) is 0 Å². The zero-order valence-electron chi connectivity index (χ0n) is 12.2. The molecule has 0 bridgehead atoms. The summed E-state index contributed by atoms with van der Waals surface area (Å²) in [5, 5.41) is 6.76. The number of nitrogens with zero attached hydrogens (tertiary/aromatic N) is 1. The molecule has 4 nitrogen and oxygen atoms in total. The van der Waals surface area contributed by atoms with Gasteiger partial charge in [0.15, 0.2) is 5.96 Å². The fourth-order valence-corrected chi connectivity index (χ4v) is 1.85.